The second-order valence-corrected chi connectivity index (χ2v) is 10.5. The van der Waals surface area contributed by atoms with Crippen LogP contribution in [-0.4, -0.2) is 55.1 Å². The van der Waals surface area contributed by atoms with Crippen LogP contribution in [-0.2, 0) is 0 Å². The van der Waals surface area contributed by atoms with E-state index >= 15 is 0 Å². The Hall–Kier alpha value is -4.30. The van der Waals surface area contributed by atoms with Gasteiger partial charge in [0.05, 0.1) is 57.8 Å². The monoisotopic (exact) mass is 531 g/mol. The molecule has 4 aromatic heterocycles. The number of pyridine rings is 1. The predicted molar refractivity (Wildman–Crippen MR) is 142 cm³/mol. The summed E-state index contributed by atoms with van der Waals surface area (Å²) in [7, 11) is 0. The molecular weight excluding hydrogens is 501 g/mol. The molecule has 39 heavy (non-hydrogen) atoms. The lowest BCUT2D eigenvalue weighted by atomic mass is 9.84. The van der Waals surface area contributed by atoms with Crippen molar-refractivity contribution in [3.63, 3.8) is 0 Å². The molecule has 0 radical (unpaired) electrons. The van der Waals surface area contributed by atoms with E-state index in [-0.39, 0.29) is 18.2 Å². The third-order valence-corrected chi connectivity index (χ3v) is 7.21. The Bertz CT molecular complexity index is 1500. The molecule has 4 aromatic rings. The van der Waals surface area contributed by atoms with Gasteiger partial charge in [0.1, 0.15) is 18.5 Å². The molecular formula is C28H30FN7O3. The zero-order valence-electron chi connectivity index (χ0n) is 21.8. The van der Waals surface area contributed by atoms with Crippen LogP contribution in [0.15, 0.2) is 53.5 Å². The molecule has 202 valence electrons. The fourth-order valence-corrected chi connectivity index (χ4v) is 4.86. The second-order valence-electron chi connectivity index (χ2n) is 10.5. The Morgan fingerprint density at radius 3 is 2.74 bits per heavy atom. The van der Waals surface area contributed by atoms with Crippen LogP contribution in [0.1, 0.15) is 67.1 Å². The highest BCUT2D eigenvalue weighted by atomic mass is 19.1. The molecule has 1 aliphatic carbocycles. The highest BCUT2D eigenvalue weighted by Gasteiger charge is 2.28. The SMILES string of the molecule is CC(C)(O)[C@H](F)CNC(=O)c1cnc(-c2ccc3cc(C#N)cnn23)cc1NC1CCC(c2ccon2)CC1. The minimum Gasteiger partial charge on any atom is -0.387 e. The van der Waals surface area contributed by atoms with Crippen molar-refractivity contribution < 1.29 is 18.8 Å². The molecule has 5 rings (SSSR count). The van der Waals surface area contributed by atoms with Crippen molar-refractivity contribution >= 4 is 17.1 Å². The molecule has 11 heteroatoms. The van der Waals surface area contributed by atoms with E-state index in [0.29, 0.717) is 28.6 Å². The number of aliphatic hydroxyl groups is 1. The maximum Gasteiger partial charge on any atom is 0.255 e. The average molecular weight is 532 g/mol. The number of halogens is 1. The molecule has 1 amide bonds. The van der Waals surface area contributed by atoms with Crippen LogP contribution in [0.5, 0.6) is 0 Å². The van der Waals surface area contributed by atoms with Crippen molar-refractivity contribution in [1.82, 2.24) is 25.1 Å². The van der Waals surface area contributed by atoms with Gasteiger partial charge in [-0.2, -0.15) is 10.4 Å². The van der Waals surface area contributed by atoms with Gasteiger partial charge in [-0.05, 0) is 63.8 Å². The van der Waals surface area contributed by atoms with Gasteiger partial charge in [0.2, 0.25) is 0 Å². The smallest absolute Gasteiger partial charge is 0.255 e. The standard InChI is InChI=1S/C28H30FN7O3/c1-28(2,38)26(29)16-32-27(37)21-15-31-24(25-8-7-20-11-17(13-30)14-33-36(20)25)12-23(21)34-19-5-3-18(4-6-19)22-9-10-39-35-22/h7-12,14-15,18-19,26,38H,3-6,16H2,1-2H3,(H,31,34)(H,32,37)/t18?,19?,26-/m1/s1. The largest absolute Gasteiger partial charge is 0.387 e. The number of nitriles is 1. The molecule has 1 fully saturated rings. The first-order valence-corrected chi connectivity index (χ1v) is 12.9. The molecule has 1 atom stereocenters. The summed E-state index contributed by atoms with van der Waals surface area (Å²) in [6, 6.07) is 11.3. The van der Waals surface area contributed by atoms with E-state index in [9.17, 15) is 19.6 Å². The van der Waals surface area contributed by atoms with Gasteiger partial charge in [0, 0.05) is 24.2 Å². The summed E-state index contributed by atoms with van der Waals surface area (Å²) < 4.78 is 21.0. The van der Waals surface area contributed by atoms with Gasteiger partial charge in [0.15, 0.2) is 0 Å². The fourth-order valence-electron chi connectivity index (χ4n) is 4.86. The second kappa shape index (κ2) is 10.8. The highest BCUT2D eigenvalue weighted by Crippen LogP contribution is 2.34. The van der Waals surface area contributed by atoms with Crippen molar-refractivity contribution in [1.29, 1.82) is 5.26 Å². The number of carbonyl (C=O) groups is 1. The van der Waals surface area contributed by atoms with E-state index in [1.165, 1.54) is 26.2 Å². The quantitative estimate of drug-likeness (QED) is 0.307. The van der Waals surface area contributed by atoms with E-state index in [1.54, 1.807) is 22.9 Å². The van der Waals surface area contributed by atoms with Crippen LogP contribution in [0.4, 0.5) is 10.1 Å². The van der Waals surface area contributed by atoms with Crippen molar-refractivity contribution in [2.75, 3.05) is 11.9 Å². The Kier molecular flexibility index (Phi) is 7.30. The van der Waals surface area contributed by atoms with Gasteiger partial charge in [-0.3, -0.25) is 9.78 Å². The van der Waals surface area contributed by atoms with E-state index in [0.717, 1.165) is 36.9 Å². The fraction of sp³-hybridized carbons (Fsp3) is 0.393. The van der Waals surface area contributed by atoms with Gasteiger partial charge in [-0.1, -0.05) is 5.16 Å². The lowest BCUT2D eigenvalue weighted by molar-refractivity contribution is -0.00177. The number of anilines is 1. The summed E-state index contributed by atoms with van der Waals surface area (Å²) in [6.45, 7) is 2.39. The van der Waals surface area contributed by atoms with Crippen LogP contribution in [0, 0.1) is 11.3 Å². The minimum absolute atomic E-state index is 0.112. The van der Waals surface area contributed by atoms with E-state index in [1.807, 2.05) is 18.2 Å². The zero-order chi connectivity index (χ0) is 27.6. The molecule has 0 unspecified atom stereocenters. The topological polar surface area (TPSA) is 141 Å². The van der Waals surface area contributed by atoms with Gasteiger partial charge in [-0.25, -0.2) is 8.91 Å². The molecule has 0 spiro atoms. The van der Waals surface area contributed by atoms with Crippen LogP contribution >= 0.6 is 0 Å². The zero-order valence-corrected chi connectivity index (χ0v) is 21.8. The number of hydrogen-bond acceptors (Lipinski definition) is 8. The van der Waals surface area contributed by atoms with Gasteiger partial charge in [-0.15, -0.1) is 0 Å². The summed E-state index contributed by atoms with van der Waals surface area (Å²) in [5, 5.41) is 33.7. The first-order valence-electron chi connectivity index (χ1n) is 12.9. The summed E-state index contributed by atoms with van der Waals surface area (Å²) in [5.74, 6) is -0.158. The van der Waals surface area contributed by atoms with Crippen LogP contribution < -0.4 is 10.6 Å². The molecule has 3 N–H and O–H groups in total. The van der Waals surface area contributed by atoms with Crippen molar-refractivity contribution in [3.05, 3.63) is 65.8 Å². The van der Waals surface area contributed by atoms with Gasteiger partial charge >= 0.3 is 0 Å². The number of hydrogen-bond donors (Lipinski definition) is 3. The summed E-state index contributed by atoms with van der Waals surface area (Å²) >= 11 is 0. The first-order chi connectivity index (χ1) is 18.7. The lowest BCUT2D eigenvalue weighted by Gasteiger charge is -2.29. The highest BCUT2D eigenvalue weighted by molar-refractivity contribution is 6.00. The third kappa shape index (κ3) is 5.76. The molecule has 0 aromatic carbocycles. The number of carbonyl (C=O) groups excluding carboxylic acids is 1. The molecule has 0 bridgehead atoms. The van der Waals surface area contributed by atoms with Crippen molar-refractivity contribution in [2.24, 2.45) is 0 Å². The minimum atomic E-state index is -1.63. The van der Waals surface area contributed by atoms with Crippen molar-refractivity contribution in [2.45, 2.75) is 63.3 Å². The van der Waals surface area contributed by atoms with E-state index in [4.69, 9.17) is 4.52 Å². The maximum absolute atomic E-state index is 14.3. The summed E-state index contributed by atoms with van der Waals surface area (Å²) in [5.41, 5.74) is 2.72. The normalized spacial score (nSPS) is 18.4. The summed E-state index contributed by atoms with van der Waals surface area (Å²) in [4.78, 5) is 17.6. The molecule has 4 heterocycles. The predicted octanol–water partition coefficient (Wildman–Crippen LogP) is 4.23. The van der Waals surface area contributed by atoms with Crippen LogP contribution in [0.3, 0.4) is 0 Å². The Balaban J connectivity index is 1.41. The molecule has 1 saturated carbocycles. The Morgan fingerprint density at radius 2 is 2.05 bits per heavy atom. The number of alkyl halides is 1. The lowest BCUT2D eigenvalue weighted by Crippen LogP contribution is -2.42. The number of nitrogens with zero attached hydrogens (tertiary/aromatic N) is 5. The van der Waals surface area contributed by atoms with Crippen molar-refractivity contribution in [3.8, 4) is 17.5 Å². The number of nitrogens with one attached hydrogen (secondary N) is 2. The third-order valence-electron chi connectivity index (χ3n) is 7.21. The number of rotatable bonds is 8. The first kappa shape index (κ1) is 26.3. The number of amides is 1. The van der Waals surface area contributed by atoms with Crippen LogP contribution in [0.25, 0.3) is 16.9 Å². The average Bonchev–Trinajstić information content (AvgIpc) is 3.61. The van der Waals surface area contributed by atoms with Gasteiger partial charge in [0.25, 0.3) is 5.91 Å². The van der Waals surface area contributed by atoms with E-state index in [2.05, 4.69) is 31.9 Å². The molecule has 1 aliphatic rings. The van der Waals surface area contributed by atoms with Gasteiger partial charge < -0.3 is 20.3 Å². The molecule has 10 nitrogen and oxygen atoms in total. The summed E-state index contributed by atoms with van der Waals surface area (Å²) in [6.07, 6.45) is 6.50. The molecule has 0 saturated heterocycles. The number of fused-ring (bicyclic) bond motifs is 1. The van der Waals surface area contributed by atoms with E-state index < -0.39 is 17.7 Å². The molecule has 0 aliphatic heterocycles. The number of aromatic nitrogens is 4. The maximum atomic E-state index is 14.3. The Morgan fingerprint density at radius 1 is 1.26 bits per heavy atom. The van der Waals surface area contributed by atoms with Crippen LogP contribution in [0.2, 0.25) is 0 Å². The Labute approximate surface area is 224 Å².